The van der Waals surface area contributed by atoms with Crippen LogP contribution in [0.25, 0.3) is 0 Å². The van der Waals surface area contributed by atoms with Crippen molar-refractivity contribution >= 4 is 35.6 Å². The number of nitrogens with one attached hydrogen (secondary N) is 1. The van der Waals surface area contributed by atoms with Crippen LogP contribution >= 0.6 is 0 Å². The molecule has 1 rings (SSSR count). The summed E-state index contributed by atoms with van der Waals surface area (Å²) in [4.78, 5) is 20.5. The number of hydrogen-bond acceptors (Lipinski definition) is 8. The second-order valence-corrected chi connectivity index (χ2v) is 2.29. The van der Waals surface area contributed by atoms with Gasteiger partial charge in [-0.1, -0.05) is 0 Å². The van der Waals surface area contributed by atoms with Gasteiger partial charge in [0.15, 0.2) is 0 Å². The number of hydrogen-bond donors (Lipinski definition) is 4. The van der Waals surface area contributed by atoms with Gasteiger partial charge in [-0.25, -0.2) is 4.21 Å². The molecule has 84 valence electrons. The topological polar surface area (TPSA) is 180 Å². The summed E-state index contributed by atoms with van der Waals surface area (Å²) in [5.41, 5.74) is 10.4. The Morgan fingerprint density at radius 2 is 1.69 bits per heavy atom. The number of nitrogens with zero attached hydrogens (tertiary/aromatic N) is 3. The molecule has 1 aromatic heterocycles. The molecule has 1 heterocycles. The van der Waals surface area contributed by atoms with E-state index in [-0.39, 0.29) is 47.4 Å². The molecule has 0 saturated heterocycles. The van der Waals surface area contributed by atoms with Crippen LogP contribution in [0.5, 0.6) is 0 Å². The molecular formula is C4H7N6NaO4S. The molecule has 0 aliphatic rings. The Morgan fingerprint density at radius 1 is 1.31 bits per heavy atom. The zero-order valence-corrected chi connectivity index (χ0v) is 11.0. The summed E-state index contributed by atoms with van der Waals surface area (Å²) in [6.45, 7) is 0. The Kier molecular flexibility index (Phi) is 10.3. The van der Waals surface area contributed by atoms with Gasteiger partial charge in [-0.2, -0.15) is 15.0 Å². The van der Waals surface area contributed by atoms with E-state index >= 15 is 0 Å². The van der Waals surface area contributed by atoms with Gasteiger partial charge in [0.05, 0.1) is 11.4 Å². The standard InChI is InChI=1S/C4H6N6O.Na.H2O3S/c5-2-8-3(6)10-4(9-2)7-1-11;;1-4(2)3/h1H,(H5,5,6,7,8,9,10,11);;(H2,1,2,3)/q;+1;/p-1. The summed E-state index contributed by atoms with van der Waals surface area (Å²) in [5.74, 6) is -0.00583. The van der Waals surface area contributed by atoms with Gasteiger partial charge >= 0.3 is 29.6 Å². The maximum absolute atomic E-state index is 9.90. The molecule has 0 bridgehead atoms. The van der Waals surface area contributed by atoms with Crippen LogP contribution in [0.4, 0.5) is 17.8 Å². The van der Waals surface area contributed by atoms with Crippen molar-refractivity contribution in [2.45, 2.75) is 0 Å². The van der Waals surface area contributed by atoms with E-state index in [0.29, 0.717) is 6.41 Å². The third kappa shape index (κ3) is 9.70. The first kappa shape index (κ1) is 17.5. The van der Waals surface area contributed by atoms with E-state index in [4.69, 9.17) is 24.8 Å². The van der Waals surface area contributed by atoms with Gasteiger partial charge in [0.1, 0.15) is 0 Å². The van der Waals surface area contributed by atoms with Crippen molar-refractivity contribution in [2.75, 3.05) is 16.8 Å². The minimum atomic E-state index is -2.86. The fourth-order valence-electron chi connectivity index (χ4n) is 0.527. The van der Waals surface area contributed by atoms with Crippen LogP contribution in [-0.4, -0.2) is 34.7 Å². The van der Waals surface area contributed by atoms with Crippen LogP contribution < -0.4 is 46.3 Å². The first-order valence-corrected chi connectivity index (χ1v) is 4.24. The number of nitrogens with two attached hydrogens (primary N) is 2. The number of rotatable bonds is 2. The first-order chi connectivity index (χ1) is 6.95. The predicted molar refractivity (Wildman–Crippen MR) is 49.9 cm³/mol. The smallest absolute Gasteiger partial charge is 0.750 e. The molecule has 10 nitrogen and oxygen atoms in total. The van der Waals surface area contributed by atoms with E-state index in [9.17, 15) is 4.79 Å². The first-order valence-electron chi connectivity index (χ1n) is 3.21. The van der Waals surface area contributed by atoms with Gasteiger partial charge in [0, 0.05) is 0 Å². The third-order valence-electron chi connectivity index (χ3n) is 0.858. The summed E-state index contributed by atoms with van der Waals surface area (Å²) in [7, 11) is 0. The molecule has 16 heavy (non-hydrogen) atoms. The minimum Gasteiger partial charge on any atom is -0.750 e. The number of amides is 1. The zero-order chi connectivity index (χ0) is 11.8. The molecule has 0 aromatic carbocycles. The van der Waals surface area contributed by atoms with E-state index in [1.165, 1.54) is 0 Å². The van der Waals surface area contributed by atoms with Crippen LogP contribution in [0.2, 0.25) is 0 Å². The van der Waals surface area contributed by atoms with Gasteiger partial charge in [0.25, 0.3) is 0 Å². The molecule has 1 unspecified atom stereocenters. The van der Waals surface area contributed by atoms with Gasteiger partial charge in [-0.05, 0) is 0 Å². The Balaban J connectivity index is 0. The summed E-state index contributed by atoms with van der Waals surface area (Å²) < 4.78 is 24.1. The fraction of sp³-hybridized carbons (Fsp3) is 0. The second-order valence-electron chi connectivity index (χ2n) is 1.85. The van der Waals surface area contributed by atoms with Crippen molar-refractivity contribution in [3.8, 4) is 0 Å². The molecular weight excluding hydrogens is 251 g/mol. The van der Waals surface area contributed by atoms with E-state index < -0.39 is 11.4 Å². The Hall–Kier alpha value is -0.850. The molecule has 0 radical (unpaired) electrons. The van der Waals surface area contributed by atoms with Crippen LogP contribution in [0, 0.1) is 0 Å². The Labute approximate surface area is 115 Å². The number of aromatic nitrogens is 3. The van der Waals surface area contributed by atoms with E-state index in [0.717, 1.165) is 0 Å². The van der Waals surface area contributed by atoms with Crippen LogP contribution in [0.15, 0.2) is 0 Å². The predicted octanol–water partition coefficient (Wildman–Crippen LogP) is -5.05. The monoisotopic (exact) mass is 258 g/mol. The van der Waals surface area contributed by atoms with Gasteiger partial charge in [-0.15, -0.1) is 0 Å². The molecule has 0 aliphatic carbocycles. The van der Waals surface area contributed by atoms with Crippen molar-refractivity contribution in [3.63, 3.8) is 0 Å². The van der Waals surface area contributed by atoms with E-state index in [2.05, 4.69) is 20.3 Å². The second kappa shape index (κ2) is 9.38. The van der Waals surface area contributed by atoms with E-state index in [1.54, 1.807) is 0 Å². The van der Waals surface area contributed by atoms with Gasteiger partial charge in [0.2, 0.25) is 24.3 Å². The molecule has 6 N–H and O–H groups in total. The minimum absolute atomic E-state index is 0. The summed E-state index contributed by atoms with van der Waals surface area (Å²) >= 11 is -2.86. The maximum Gasteiger partial charge on any atom is 1.00 e. The SMILES string of the molecule is Nc1nc(N)nc(NC=O)n1.O=S([O-])O.[Na+]. The van der Waals surface area contributed by atoms with Crippen molar-refractivity contribution < 1.29 is 47.7 Å². The van der Waals surface area contributed by atoms with Crippen molar-refractivity contribution in [3.05, 3.63) is 0 Å². The summed E-state index contributed by atoms with van der Waals surface area (Å²) in [5, 5.41) is 2.19. The average Bonchev–Trinajstić information content (AvgIpc) is 2.00. The van der Waals surface area contributed by atoms with Crippen LogP contribution in [0.3, 0.4) is 0 Å². The molecule has 1 aromatic rings. The average molecular weight is 258 g/mol. The molecule has 0 saturated carbocycles. The number of anilines is 3. The van der Waals surface area contributed by atoms with Crippen LogP contribution in [0.1, 0.15) is 0 Å². The largest absolute Gasteiger partial charge is 1.00 e. The quantitative estimate of drug-likeness (QED) is 0.229. The van der Waals surface area contributed by atoms with Crippen LogP contribution in [-0.2, 0) is 16.2 Å². The molecule has 0 fully saturated rings. The molecule has 0 spiro atoms. The molecule has 1 atom stereocenters. The molecule has 1 amide bonds. The molecule has 0 aliphatic heterocycles. The Morgan fingerprint density at radius 3 is 2.00 bits per heavy atom. The Bertz CT molecular complexity index is 340. The van der Waals surface area contributed by atoms with Crippen molar-refractivity contribution in [2.24, 2.45) is 0 Å². The van der Waals surface area contributed by atoms with E-state index in [1.807, 2.05) is 0 Å². The fourth-order valence-corrected chi connectivity index (χ4v) is 0.527. The summed E-state index contributed by atoms with van der Waals surface area (Å²) in [6.07, 6.45) is 0.425. The third-order valence-corrected chi connectivity index (χ3v) is 0.858. The normalized spacial score (nSPS) is 10.1. The zero-order valence-electron chi connectivity index (χ0n) is 8.15. The van der Waals surface area contributed by atoms with Crippen molar-refractivity contribution in [1.29, 1.82) is 0 Å². The van der Waals surface area contributed by atoms with Gasteiger partial charge in [-0.3, -0.25) is 10.1 Å². The number of carbonyl (C=O) groups excluding carboxylic acids is 1. The molecule has 12 heteroatoms. The number of carbonyl (C=O) groups is 1. The number of nitrogen functional groups attached to an aromatic ring is 2. The summed E-state index contributed by atoms with van der Waals surface area (Å²) in [6, 6.07) is 0. The van der Waals surface area contributed by atoms with Crippen molar-refractivity contribution in [1.82, 2.24) is 15.0 Å². The van der Waals surface area contributed by atoms with Gasteiger partial charge < -0.3 is 20.6 Å². The maximum atomic E-state index is 9.90.